The lowest BCUT2D eigenvalue weighted by molar-refractivity contribution is 0.280. The number of alkyl halides is 1. The van der Waals surface area contributed by atoms with E-state index in [1.807, 2.05) is 0 Å². The van der Waals surface area contributed by atoms with Gasteiger partial charge in [0.05, 0.1) is 0 Å². The van der Waals surface area contributed by atoms with Gasteiger partial charge in [0, 0.05) is 11.4 Å². The van der Waals surface area contributed by atoms with E-state index in [0.29, 0.717) is 4.83 Å². The van der Waals surface area contributed by atoms with Crippen LogP contribution in [0.2, 0.25) is 0 Å². The van der Waals surface area contributed by atoms with Crippen LogP contribution in [0.4, 0.5) is 0 Å². The van der Waals surface area contributed by atoms with Gasteiger partial charge in [-0.25, -0.2) is 0 Å². The fourth-order valence-corrected chi connectivity index (χ4v) is 1.36. The molecule has 0 spiro atoms. The van der Waals surface area contributed by atoms with Crippen LogP contribution in [0.3, 0.4) is 0 Å². The molecule has 1 nitrogen and oxygen atoms in total. The molecule has 0 aliphatic carbocycles. The first kappa shape index (κ1) is 12.4. The van der Waals surface area contributed by atoms with Crippen LogP contribution < -0.4 is 0 Å². The summed E-state index contributed by atoms with van der Waals surface area (Å²) in [5, 5.41) is 0. The van der Waals surface area contributed by atoms with Crippen LogP contribution in [0.25, 0.3) is 0 Å². The van der Waals surface area contributed by atoms with Crippen LogP contribution in [0.15, 0.2) is 0 Å². The van der Waals surface area contributed by atoms with Gasteiger partial charge in [0.25, 0.3) is 0 Å². The van der Waals surface area contributed by atoms with Gasteiger partial charge in [0.1, 0.15) is 0 Å². The fraction of sp³-hybridized carbons (Fsp3) is 1.00. The zero-order valence-corrected chi connectivity index (χ0v) is 10.4. The minimum absolute atomic E-state index is 0.650. The van der Waals surface area contributed by atoms with Crippen molar-refractivity contribution in [2.75, 3.05) is 20.1 Å². The Morgan fingerprint density at radius 1 is 1.33 bits per heavy atom. The van der Waals surface area contributed by atoms with Crippen molar-refractivity contribution in [3.05, 3.63) is 0 Å². The van der Waals surface area contributed by atoms with Crippen LogP contribution in [-0.2, 0) is 0 Å². The molecule has 2 unspecified atom stereocenters. The number of halogens is 1. The van der Waals surface area contributed by atoms with Crippen molar-refractivity contribution in [3.63, 3.8) is 0 Å². The predicted molar refractivity (Wildman–Crippen MR) is 60.0 cm³/mol. The second kappa shape index (κ2) is 6.90. The van der Waals surface area contributed by atoms with Gasteiger partial charge in [-0.15, -0.1) is 0 Å². The molecule has 0 N–H and O–H groups in total. The minimum atomic E-state index is 0.650. The molecule has 2 atom stereocenters. The quantitative estimate of drug-likeness (QED) is 0.640. The predicted octanol–water partition coefficient (Wildman–Crippen LogP) is 3.14. The monoisotopic (exact) mass is 235 g/mol. The van der Waals surface area contributed by atoms with Crippen molar-refractivity contribution in [2.24, 2.45) is 5.92 Å². The van der Waals surface area contributed by atoms with Gasteiger partial charge in [0.2, 0.25) is 0 Å². The van der Waals surface area contributed by atoms with Crippen molar-refractivity contribution < 1.29 is 0 Å². The van der Waals surface area contributed by atoms with E-state index in [1.54, 1.807) is 0 Å². The molecule has 0 heterocycles. The van der Waals surface area contributed by atoms with Gasteiger partial charge in [-0.2, -0.15) is 0 Å². The zero-order valence-electron chi connectivity index (χ0n) is 8.81. The molecule has 0 saturated carbocycles. The third kappa shape index (κ3) is 7.11. The first-order valence-electron chi connectivity index (χ1n) is 4.88. The van der Waals surface area contributed by atoms with Crippen molar-refractivity contribution in [1.82, 2.24) is 4.90 Å². The molecule has 0 fully saturated rings. The highest BCUT2D eigenvalue weighted by molar-refractivity contribution is 9.09. The number of nitrogens with zero attached hydrogens (tertiary/aromatic N) is 1. The largest absolute Gasteiger partial charge is 0.306 e. The van der Waals surface area contributed by atoms with E-state index in [1.165, 1.54) is 25.9 Å². The van der Waals surface area contributed by atoms with Gasteiger partial charge in [-0.3, -0.25) is 0 Å². The van der Waals surface area contributed by atoms with Crippen molar-refractivity contribution in [1.29, 1.82) is 0 Å². The molecule has 12 heavy (non-hydrogen) atoms. The lowest BCUT2D eigenvalue weighted by Gasteiger charge is -2.20. The number of hydrogen-bond acceptors (Lipinski definition) is 1. The normalized spacial score (nSPS) is 16.5. The van der Waals surface area contributed by atoms with Crippen molar-refractivity contribution >= 4 is 15.9 Å². The Labute approximate surface area is 85.7 Å². The van der Waals surface area contributed by atoms with E-state index in [4.69, 9.17) is 0 Å². The molecule has 0 aromatic rings. The third-order valence-electron chi connectivity index (χ3n) is 2.23. The van der Waals surface area contributed by atoms with E-state index in [-0.39, 0.29) is 0 Å². The Balaban J connectivity index is 3.39. The van der Waals surface area contributed by atoms with Crippen LogP contribution in [0.5, 0.6) is 0 Å². The Kier molecular flexibility index (Phi) is 7.16. The molecule has 0 bridgehead atoms. The van der Waals surface area contributed by atoms with Crippen LogP contribution >= 0.6 is 15.9 Å². The van der Waals surface area contributed by atoms with Crippen molar-refractivity contribution in [2.45, 2.75) is 38.4 Å². The standard InChI is InChI=1S/C10H22BrN/c1-5-9(2)8-12(4)7-6-10(3)11/h9-10H,5-8H2,1-4H3. The third-order valence-corrected chi connectivity index (χ3v) is 2.69. The molecule has 0 saturated heterocycles. The lowest BCUT2D eigenvalue weighted by Crippen LogP contribution is -2.26. The Hall–Kier alpha value is 0.440. The SMILES string of the molecule is CCC(C)CN(C)CCC(C)Br. The maximum absolute atomic E-state index is 3.56. The first-order chi connectivity index (χ1) is 5.56. The number of rotatable bonds is 6. The maximum Gasteiger partial charge on any atom is 0.0129 e. The van der Waals surface area contributed by atoms with Crippen molar-refractivity contribution in [3.8, 4) is 0 Å². The molecule has 0 amide bonds. The molecule has 0 aromatic carbocycles. The summed E-state index contributed by atoms with van der Waals surface area (Å²) in [7, 11) is 2.21. The summed E-state index contributed by atoms with van der Waals surface area (Å²) in [6.45, 7) is 9.21. The lowest BCUT2D eigenvalue weighted by atomic mass is 10.1. The van der Waals surface area contributed by atoms with Gasteiger partial charge in [-0.05, 0) is 25.9 Å². The average molecular weight is 236 g/mol. The summed E-state index contributed by atoms with van der Waals surface area (Å²) >= 11 is 3.56. The van der Waals surface area contributed by atoms with Gasteiger partial charge in [-0.1, -0.05) is 43.1 Å². The Morgan fingerprint density at radius 3 is 2.33 bits per heavy atom. The molecule has 0 aliphatic rings. The van der Waals surface area contributed by atoms with E-state index in [9.17, 15) is 0 Å². The van der Waals surface area contributed by atoms with Crippen LogP contribution in [0.1, 0.15) is 33.6 Å². The maximum atomic E-state index is 3.56. The number of hydrogen-bond donors (Lipinski definition) is 0. The van der Waals surface area contributed by atoms with E-state index >= 15 is 0 Å². The molecular weight excluding hydrogens is 214 g/mol. The summed E-state index contributed by atoms with van der Waals surface area (Å²) < 4.78 is 0. The summed E-state index contributed by atoms with van der Waals surface area (Å²) in [5.41, 5.74) is 0. The second-order valence-corrected chi connectivity index (χ2v) is 5.41. The van der Waals surface area contributed by atoms with Crippen LogP contribution in [-0.4, -0.2) is 29.9 Å². The highest BCUT2D eigenvalue weighted by atomic mass is 79.9. The highest BCUT2D eigenvalue weighted by Gasteiger charge is 2.04. The van der Waals surface area contributed by atoms with Gasteiger partial charge in [0.15, 0.2) is 0 Å². The zero-order chi connectivity index (χ0) is 9.56. The highest BCUT2D eigenvalue weighted by Crippen LogP contribution is 2.06. The van der Waals surface area contributed by atoms with Gasteiger partial charge >= 0.3 is 0 Å². The van der Waals surface area contributed by atoms with E-state index < -0.39 is 0 Å². The topological polar surface area (TPSA) is 3.24 Å². The van der Waals surface area contributed by atoms with Gasteiger partial charge < -0.3 is 4.90 Å². The summed E-state index contributed by atoms with van der Waals surface area (Å²) in [4.78, 5) is 3.07. The Morgan fingerprint density at radius 2 is 1.92 bits per heavy atom. The van der Waals surface area contributed by atoms with E-state index in [0.717, 1.165) is 5.92 Å². The average Bonchev–Trinajstić information content (AvgIpc) is 2.00. The Bertz CT molecular complexity index is 104. The molecule has 0 radical (unpaired) electrons. The summed E-state index contributed by atoms with van der Waals surface area (Å²) in [6, 6.07) is 0. The van der Waals surface area contributed by atoms with E-state index in [2.05, 4.69) is 48.6 Å². The molecule has 2 heteroatoms. The summed E-state index contributed by atoms with van der Waals surface area (Å²) in [6.07, 6.45) is 2.53. The smallest absolute Gasteiger partial charge is 0.0129 e. The van der Waals surface area contributed by atoms with Crippen LogP contribution in [0, 0.1) is 5.92 Å². The summed E-state index contributed by atoms with van der Waals surface area (Å²) in [5.74, 6) is 0.834. The minimum Gasteiger partial charge on any atom is -0.306 e. The molecule has 0 aliphatic heterocycles. The fourth-order valence-electron chi connectivity index (χ4n) is 1.15. The molecule has 74 valence electrons. The molecule has 0 aromatic heterocycles. The first-order valence-corrected chi connectivity index (χ1v) is 5.80. The second-order valence-electron chi connectivity index (χ2n) is 3.85. The molecular formula is C10H22BrN. The molecule has 0 rings (SSSR count).